The maximum Gasteiger partial charge on any atom is 0.291 e. The number of para-hydroxylation sites is 1. The Morgan fingerprint density at radius 2 is 1.82 bits per heavy atom. The summed E-state index contributed by atoms with van der Waals surface area (Å²) in [6.07, 6.45) is 0.302. The van der Waals surface area contributed by atoms with Gasteiger partial charge in [0.05, 0.1) is 6.42 Å². The molecule has 0 spiro atoms. The third kappa shape index (κ3) is 5.20. The summed E-state index contributed by atoms with van der Waals surface area (Å²) in [5.41, 5.74) is 2.21. The lowest BCUT2D eigenvalue weighted by Gasteiger charge is -2.13. The number of carbonyl (C=O) groups is 2. The van der Waals surface area contributed by atoms with Crippen LogP contribution in [-0.2, 0) is 11.2 Å². The average Bonchev–Trinajstić information content (AvgIpc) is 3.13. The zero-order valence-corrected chi connectivity index (χ0v) is 16.1. The Labute approximate surface area is 164 Å². The van der Waals surface area contributed by atoms with Crippen molar-refractivity contribution in [2.45, 2.75) is 26.3 Å². The maximum atomic E-state index is 12.4. The Balaban J connectivity index is 1.53. The smallest absolute Gasteiger partial charge is 0.291 e. The van der Waals surface area contributed by atoms with Crippen LogP contribution >= 0.6 is 0 Å². The molecule has 1 aromatic heterocycles. The van der Waals surface area contributed by atoms with Crippen molar-refractivity contribution in [3.63, 3.8) is 0 Å². The minimum atomic E-state index is -0.306. The van der Waals surface area contributed by atoms with Gasteiger partial charge in [-0.3, -0.25) is 9.59 Å². The van der Waals surface area contributed by atoms with Crippen LogP contribution < -0.4 is 16.0 Å². The second-order valence-electron chi connectivity index (χ2n) is 6.74. The number of likely N-dealkylation sites (N-methyl/N-ethyl adjacent to an activating group) is 1. The van der Waals surface area contributed by atoms with E-state index in [1.807, 2.05) is 50.2 Å². The molecule has 3 rings (SSSR count). The summed E-state index contributed by atoms with van der Waals surface area (Å²) >= 11 is 0. The molecule has 0 bridgehead atoms. The number of hydrogen-bond donors (Lipinski definition) is 3. The Hall–Kier alpha value is -3.12. The number of benzene rings is 2. The maximum absolute atomic E-state index is 12.4. The van der Waals surface area contributed by atoms with Crippen LogP contribution in [0.1, 0.15) is 30.0 Å². The van der Waals surface area contributed by atoms with Crippen LogP contribution in [0.5, 0.6) is 0 Å². The SMILES string of the molecule is CCN[C@H](C)CNC(=O)Cc1ccc(NC(=O)c2cc3ccccc3o2)cc1. The van der Waals surface area contributed by atoms with Gasteiger partial charge >= 0.3 is 0 Å². The third-order valence-corrected chi connectivity index (χ3v) is 4.38. The number of rotatable bonds is 8. The monoisotopic (exact) mass is 379 g/mol. The first-order valence-electron chi connectivity index (χ1n) is 9.44. The van der Waals surface area contributed by atoms with Crippen molar-refractivity contribution in [3.05, 3.63) is 65.9 Å². The topological polar surface area (TPSA) is 83.4 Å². The molecule has 0 unspecified atom stereocenters. The van der Waals surface area contributed by atoms with E-state index in [2.05, 4.69) is 16.0 Å². The molecule has 2 aromatic carbocycles. The zero-order chi connectivity index (χ0) is 19.9. The summed E-state index contributed by atoms with van der Waals surface area (Å²) in [6.45, 7) is 5.53. The van der Waals surface area contributed by atoms with E-state index in [4.69, 9.17) is 4.42 Å². The molecule has 0 aliphatic rings. The van der Waals surface area contributed by atoms with Crippen molar-refractivity contribution in [2.75, 3.05) is 18.4 Å². The first kappa shape index (κ1) is 19.6. The number of furan rings is 1. The van der Waals surface area contributed by atoms with E-state index in [0.717, 1.165) is 17.5 Å². The van der Waals surface area contributed by atoms with E-state index < -0.39 is 0 Å². The van der Waals surface area contributed by atoms with Crippen molar-refractivity contribution in [1.82, 2.24) is 10.6 Å². The van der Waals surface area contributed by atoms with Crippen LogP contribution in [0.25, 0.3) is 11.0 Å². The number of anilines is 1. The highest BCUT2D eigenvalue weighted by Crippen LogP contribution is 2.20. The molecule has 2 amide bonds. The molecule has 0 aliphatic heterocycles. The van der Waals surface area contributed by atoms with Crippen LogP contribution in [0.15, 0.2) is 59.0 Å². The van der Waals surface area contributed by atoms with Crippen molar-refractivity contribution in [3.8, 4) is 0 Å². The van der Waals surface area contributed by atoms with Crippen molar-refractivity contribution in [1.29, 1.82) is 0 Å². The van der Waals surface area contributed by atoms with E-state index in [-0.39, 0.29) is 23.6 Å². The Morgan fingerprint density at radius 3 is 2.54 bits per heavy atom. The van der Waals surface area contributed by atoms with Gasteiger partial charge < -0.3 is 20.4 Å². The molecule has 6 nitrogen and oxygen atoms in total. The first-order chi connectivity index (χ1) is 13.5. The molecule has 0 radical (unpaired) electrons. The normalized spacial score (nSPS) is 11.9. The van der Waals surface area contributed by atoms with Gasteiger partial charge in [-0.2, -0.15) is 0 Å². The molecule has 1 atom stereocenters. The average molecular weight is 379 g/mol. The van der Waals surface area contributed by atoms with E-state index in [1.54, 1.807) is 18.2 Å². The highest BCUT2D eigenvalue weighted by molar-refractivity contribution is 6.04. The third-order valence-electron chi connectivity index (χ3n) is 4.38. The van der Waals surface area contributed by atoms with E-state index >= 15 is 0 Å². The highest BCUT2D eigenvalue weighted by atomic mass is 16.3. The Bertz CT molecular complexity index is 914. The van der Waals surface area contributed by atoms with E-state index in [0.29, 0.717) is 24.2 Å². The molecule has 6 heteroatoms. The Kier molecular flexibility index (Phi) is 6.45. The number of amides is 2. The summed E-state index contributed by atoms with van der Waals surface area (Å²) in [7, 11) is 0. The van der Waals surface area contributed by atoms with Crippen LogP contribution in [0.3, 0.4) is 0 Å². The number of fused-ring (bicyclic) bond motifs is 1. The van der Waals surface area contributed by atoms with Gasteiger partial charge in [0.15, 0.2) is 5.76 Å². The van der Waals surface area contributed by atoms with E-state index in [1.165, 1.54) is 0 Å². The number of hydrogen-bond acceptors (Lipinski definition) is 4. The lowest BCUT2D eigenvalue weighted by molar-refractivity contribution is -0.120. The van der Waals surface area contributed by atoms with Gasteiger partial charge in [0.25, 0.3) is 5.91 Å². The second-order valence-corrected chi connectivity index (χ2v) is 6.74. The minimum absolute atomic E-state index is 0.0242. The fourth-order valence-corrected chi connectivity index (χ4v) is 2.93. The minimum Gasteiger partial charge on any atom is -0.451 e. The van der Waals surface area contributed by atoms with Gasteiger partial charge in [-0.05, 0) is 43.3 Å². The Morgan fingerprint density at radius 1 is 1.07 bits per heavy atom. The summed E-state index contributed by atoms with van der Waals surface area (Å²) < 4.78 is 5.57. The summed E-state index contributed by atoms with van der Waals surface area (Å²) in [5, 5.41) is 9.86. The summed E-state index contributed by atoms with van der Waals surface area (Å²) in [6, 6.07) is 16.7. The van der Waals surface area contributed by atoms with Crippen LogP contribution in [0.4, 0.5) is 5.69 Å². The lowest BCUT2D eigenvalue weighted by atomic mass is 10.1. The highest BCUT2D eigenvalue weighted by Gasteiger charge is 2.12. The second kappa shape index (κ2) is 9.19. The van der Waals surface area contributed by atoms with Gasteiger partial charge in [0.2, 0.25) is 5.91 Å². The van der Waals surface area contributed by atoms with Gasteiger partial charge in [-0.1, -0.05) is 37.3 Å². The summed E-state index contributed by atoms with van der Waals surface area (Å²) in [4.78, 5) is 24.4. The van der Waals surface area contributed by atoms with Crippen molar-refractivity contribution >= 4 is 28.5 Å². The molecule has 1 heterocycles. The largest absolute Gasteiger partial charge is 0.451 e. The molecule has 3 aromatic rings. The van der Waals surface area contributed by atoms with Gasteiger partial charge in [-0.15, -0.1) is 0 Å². The van der Waals surface area contributed by atoms with Gasteiger partial charge in [-0.25, -0.2) is 0 Å². The molecule has 3 N–H and O–H groups in total. The molecule has 146 valence electrons. The standard InChI is InChI=1S/C22H25N3O3/c1-3-23-15(2)14-24-21(26)12-16-8-10-18(11-9-16)25-22(27)20-13-17-6-4-5-7-19(17)28-20/h4-11,13,15,23H,3,12,14H2,1-2H3,(H,24,26)(H,25,27)/t15-/m1/s1. The van der Waals surface area contributed by atoms with E-state index in [9.17, 15) is 9.59 Å². The predicted octanol–water partition coefficient (Wildman–Crippen LogP) is 3.34. The molecule has 0 fully saturated rings. The molecular weight excluding hydrogens is 354 g/mol. The van der Waals surface area contributed by atoms with Crippen LogP contribution in [0.2, 0.25) is 0 Å². The van der Waals surface area contributed by atoms with Gasteiger partial charge in [0, 0.05) is 23.7 Å². The zero-order valence-electron chi connectivity index (χ0n) is 16.1. The van der Waals surface area contributed by atoms with Crippen LogP contribution in [-0.4, -0.2) is 30.9 Å². The predicted molar refractivity (Wildman–Crippen MR) is 110 cm³/mol. The molecule has 28 heavy (non-hydrogen) atoms. The van der Waals surface area contributed by atoms with Crippen molar-refractivity contribution in [2.24, 2.45) is 0 Å². The van der Waals surface area contributed by atoms with Crippen LogP contribution in [0, 0.1) is 0 Å². The van der Waals surface area contributed by atoms with Crippen molar-refractivity contribution < 1.29 is 14.0 Å². The molecule has 0 saturated heterocycles. The quantitative estimate of drug-likeness (QED) is 0.560. The first-order valence-corrected chi connectivity index (χ1v) is 9.44. The molecule has 0 saturated carbocycles. The molecule has 0 aliphatic carbocycles. The summed E-state index contributed by atoms with van der Waals surface area (Å²) in [5.74, 6) is -0.0672. The number of nitrogens with one attached hydrogen (secondary N) is 3. The number of carbonyl (C=O) groups excluding carboxylic acids is 2. The fourth-order valence-electron chi connectivity index (χ4n) is 2.93. The fraction of sp³-hybridized carbons (Fsp3) is 0.273. The molecular formula is C22H25N3O3. The lowest BCUT2D eigenvalue weighted by Crippen LogP contribution is -2.39. The van der Waals surface area contributed by atoms with Gasteiger partial charge in [0.1, 0.15) is 5.58 Å².